The van der Waals surface area contributed by atoms with Crippen molar-refractivity contribution in [2.45, 2.75) is 30.3 Å². The van der Waals surface area contributed by atoms with Crippen LogP contribution in [0.25, 0.3) is 0 Å². The van der Waals surface area contributed by atoms with Crippen molar-refractivity contribution in [3.63, 3.8) is 0 Å². The lowest BCUT2D eigenvalue weighted by molar-refractivity contribution is -0.141. The Balaban J connectivity index is 1.95. The molecule has 0 amide bonds. The molecule has 3 rings (SSSR count). The van der Waals surface area contributed by atoms with Gasteiger partial charge in [-0.05, 0) is 55.8 Å². The Morgan fingerprint density at radius 2 is 1.84 bits per heavy atom. The molecule has 0 radical (unpaired) electrons. The molecule has 11 heteroatoms. The maximum Gasteiger partial charge on any atom is 0.321 e. The van der Waals surface area contributed by atoms with Crippen LogP contribution in [0.1, 0.15) is 13.3 Å². The van der Waals surface area contributed by atoms with Gasteiger partial charge in [-0.25, -0.2) is 8.42 Å². The average molecular weight is 524 g/mol. The molecule has 6 nitrogen and oxygen atoms in total. The molecule has 0 saturated carbocycles. The van der Waals surface area contributed by atoms with Crippen LogP contribution in [0.5, 0.6) is 0 Å². The Bertz CT molecular complexity index is 1050. The lowest BCUT2D eigenvalue weighted by Crippen LogP contribution is -2.43. The fourth-order valence-electron chi connectivity index (χ4n) is 3.37. The van der Waals surface area contributed by atoms with Gasteiger partial charge in [-0.1, -0.05) is 34.8 Å². The molecule has 0 bridgehead atoms. The molecule has 168 valence electrons. The van der Waals surface area contributed by atoms with E-state index in [1.807, 2.05) is 4.90 Å². The van der Waals surface area contributed by atoms with Crippen molar-refractivity contribution in [1.29, 1.82) is 0 Å². The number of nitrogens with zero attached hydrogens (tertiary/aromatic N) is 2. The number of sulfonamides is 1. The minimum Gasteiger partial charge on any atom is -0.480 e. The molecule has 1 N–H and O–H groups in total. The summed E-state index contributed by atoms with van der Waals surface area (Å²) in [6.07, 6.45) is 0.403. The molecular formula is C20H21Cl3N2O4S2. The number of anilines is 1. The third-order valence-electron chi connectivity index (χ3n) is 5.01. The van der Waals surface area contributed by atoms with Gasteiger partial charge in [0.1, 0.15) is 6.04 Å². The van der Waals surface area contributed by atoms with Gasteiger partial charge in [0, 0.05) is 34.3 Å². The summed E-state index contributed by atoms with van der Waals surface area (Å²) in [6, 6.07) is 9.45. The number of thioether (sulfide) groups is 1. The average Bonchev–Trinajstić information content (AvgIpc) is 3.18. The number of carbonyl (C=O) groups is 1. The van der Waals surface area contributed by atoms with E-state index in [1.54, 1.807) is 30.8 Å². The first-order chi connectivity index (χ1) is 14.6. The Morgan fingerprint density at radius 3 is 2.48 bits per heavy atom. The Hall–Kier alpha value is -1.16. The molecule has 0 aliphatic carbocycles. The molecule has 1 fully saturated rings. The Labute approximate surface area is 201 Å². The number of rotatable bonds is 8. The maximum atomic E-state index is 13.6. The van der Waals surface area contributed by atoms with Crippen molar-refractivity contribution >= 4 is 68.2 Å². The maximum absolute atomic E-state index is 13.6. The van der Waals surface area contributed by atoms with E-state index in [4.69, 9.17) is 34.8 Å². The zero-order valence-electron chi connectivity index (χ0n) is 16.5. The third-order valence-corrected chi connectivity index (χ3v) is 8.82. The van der Waals surface area contributed by atoms with Crippen LogP contribution in [0.2, 0.25) is 15.1 Å². The molecule has 1 unspecified atom stereocenters. The van der Waals surface area contributed by atoms with Gasteiger partial charge in [0.05, 0.1) is 15.6 Å². The number of hydrogen-bond acceptors (Lipinski definition) is 5. The molecular weight excluding hydrogens is 503 g/mol. The largest absolute Gasteiger partial charge is 0.480 e. The molecule has 1 aliphatic rings. The van der Waals surface area contributed by atoms with Crippen molar-refractivity contribution in [2.24, 2.45) is 0 Å². The van der Waals surface area contributed by atoms with Crippen LogP contribution in [-0.4, -0.2) is 54.7 Å². The number of halogens is 3. The minimum absolute atomic E-state index is 0.0694. The van der Waals surface area contributed by atoms with E-state index in [2.05, 4.69) is 0 Å². The van der Waals surface area contributed by atoms with Crippen LogP contribution in [0.15, 0.2) is 47.4 Å². The standard InChI is InChI=1S/C20H21Cl3N2O4S2/c1-13(8-9-24-12-30-11-19(24)20(26)27)25(18-10-15(22)4-7-17(18)23)31(28,29)16-5-2-14(21)3-6-16/h2-7,10,13,19H,8-9,11-12H2,1H3,(H,26,27)/t13-,19?/m1/s1. The number of hydrogen-bond donors (Lipinski definition) is 1. The molecule has 1 heterocycles. The predicted octanol–water partition coefficient (Wildman–Crippen LogP) is 5.08. The molecule has 2 aromatic rings. The van der Waals surface area contributed by atoms with Gasteiger partial charge in [-0.2, -0.15) is 0 Å². The molecule has 2 aromatic carbocycles. The third kappa shape index (κ3) is 5.61. The van der Waals surface area contributed by atoms with E-state index in [0.29, 0.717) is 34.6 Å². The normalized spacial score (nSPS) is 18.1. The van der Waals surface area contributed by atoms with Gasteiger partial charge in [-0.3, -0.25) is 14.0 Å². The van der Waals surface area contributed by atoms with Crippen molar-refractivity contribution in [2.75, 3.05) is 22.5 Å². The highest BCUT2D eigenvalue weighted by molar-refractivity contribution is 7.99. The van der Waals surface area contributed by atoms with Crippen LogP contribution in [0.4, 0.5) is 5.69 Å². The summed E-state index contributed by atoms with van der Waals surface area (Å²) in [4.78, 5) is 13.4. The van der Waals surface area contributed by atoms with E-state index in [9.17, 15) is 18.3 Å². The van der Waals surface area contributed by atoms with Crippen LogP contribution in [-0.2, 0) is 14.8 Å². The lowest BCUT2D eigenvalue weighted by Gasteiger charge is -2.32. The van der Waals surface area contributed by atoms with E-state index in [-0.39, 0.29) is 15.6 Å². The molecule has 31 heavy (non-hydrogen) atoms. The van der Waals surface area contributed by atoms with Crippen molar-refractivity contribution < 1.29 is 18.3 Å². The van der Waals surface area contributed by atoms with Crippen molar-refractivity contribution in [3.8, 4) is 0 Å². The van der Waals surface area contributed by atoms with Gasteiger partial charge in [-0.15, -0.1) is 11.8 Å². The highest BCUT2D eigenvalue weighted by atomic mass is 35.5. The summed E-state index contributed by atoms with van der Waals surface area (Å²) in [5.41, 5.74) is 0.266. The quantitative estimate of drug-likeness (QED) is 0.520. The lowest BCUT2D eigenvalue weighted by atomic mass is 10.2. The summed E-state index contributed by atoms with van der Waals surface area (Å²) < 4.78 is 28.4. The van der Waals surface area contributed by atoms with Crippen LogP contribution in [0.3, 0.4) is 0 Å². The highest BCUT2D eigenvalue weighted by Crippen LogP contribution is 2.35. The van der Waals surface area contributed by atoms with E-state index >= 15 is 0 Å². The van der Waals surface area contributed by atoms with E-state index in [1.165, 1.54) is 34.6 Å². The summed E-state index contributed by atoms with van der Waals surface area (Å²) in [5, 5.41) is 10.4. The second-order valence-electron chi connectivity index (χ2n) is 7.15. The second-order valence-corrected chi connectivity index (χ2v) is 11.2. The SMILES string of the molecule is C[C@H](CCN1CSCC1C(=O)O)N(c1cc(Cl)ccc1Cl)S(=O)(=O)c1ccc(Cl)cc1. The van der Waals surface area contributed by atoms with E-state index < -0.39 is 28.1 Å². The number of carboxylic acids is 1. The topological polar surface area (TPSA) is 77.9 Å². The summed E-state index contributed by atoms with van der Waals surface area (Å²) in [6.45, 7) is 2.19. The zero-order valence-corrected chi connectivity index (χ0v) is 20.4. The summed E-state index contributed by atoms with van der Waals surface area (Å²) >= 11 is 20.0. The Morgan fingerprint density at radius 1 is 1.19 bits per heavy atom. The van der Waals surface area contributed by atoms with Crippen LogP contribution >= 0.6 is 46.6 Å². The number of benzene rings is 2. The molecule has 1 aliphatic heterocycles. The van der Waals surface area contributed by atoms with E-state index in [0.717, 1.165) is 0 Å². The van der Waals surface area contributed by atoms with Crippen molar-refractivity contribution in [1.82, 2.24) is 4.90 Å². The first-order valence-corrected chi connectivity index (χ1v) is 13.1. The van der Waals surface area contributed by atoms with Gasteiger partial charge in [0.2, 0.25) is 0 Å². The number of carboxylic acid groups (broad SMARTS) is 1. The van der Waals surface area contributed by atoms with Crippen LogP contribution in [0, 0.1) is 0 Å². The summed E-state index contributed by atoms with van der Waals surface area (Å²) in [7, 11) is -3.99. The molecule has 0 spiro atoms. The first-order valence-electron chi connectivity index (χ1n) is 9.41. The minimum atomic E-state index is -3.99. The molecule has 2 atom stereocenters. The van der Waals surface area contributed by atoms with Gasteiger partial charge >= 0.3 is 5.97 Å². The van der Waals surface area contributed by atoms with Crippen molar-refractivity contribution in [3.05, 3.63) is 57.5 Å². The first kappa shape index (κ1) is 24.5. The van der Waals surface area contributed by atoms with Crippen LogP contribution < -0.4 is 4.31 Å². The highest BCUT2D eigenvalue weighted by Gasteiger charge is 2.34. The Kier molecular flexibility index (Phi) is 8.05. The summed E-state index contributed by atoms with van der Waals surface area (Å²) in [5.74, 6) is 0.225. The zero-order chi connectivity index (χ0) is 22.8. The fraction of sp³-hybridized carbons (Fsp3) is 0.350. The van der Waals surface area contributed by atoms with Gasteiger partial charge in [0.15, 0.2) is 0 Å². The number of aliphatic carboxylic acids is 1. The fourth-order valence-corrected chi connectivity index (χ4v) is 6.85. The monoisotopic (exact) mass is 522 g/mol. The molecule has 1 saturated heterocycles. The second kappa shape index (κ2) is 10.2. The molecule has 0 aromatic heterocycles. The van der Waals surface area contributed by atoms with Gasteiger partial charge in [0.25, 0.3) is 10.0 Å². The van der Waals surface area contributed by atoms with Gasteiger partial charge < -0.3 is 5.11 Å². The smallest absolute Gasteiger partial charge is 0.321 e. The predicted molar refractivity (Wildman–Crippen MR) is 127 cm³/mol.